The molecule has 0 saturated carbocycles. The number of hydrogen-bond acceptors (Lipinski definition) is 9. The van der Waals surface area contributed by atoms with Gasteiger partial charge < -0.3 is 29.6 Å². The maximum atomic E-state index is 13.8. The Balaban J connectivity index is 1.66. The van der Waals surface area contributed by atoms with Crippen LogP contribution in [0.3, 0.4) is 0 Å². The van der Waals surface area contributed by atoms with Crippen LogP contribution >= 0.6 is 0 Å². The molecule has 1 amide bonds. The van der Waals surface area contributed by atoms with Gasteiger partial charge in [0.1, 0.15) is 6.04 Å². The summed E-state index contributed by atoms with van der Waals surface area (Å²) in [5, 5.41) is 11.0. The summed E-state index contributed by atoms with van der Waals surface area (Å²) in [6.45, 7) is 1.83. The van der Waals surface area contributed by atoms with Crippen molar-refractivity contribution in [3.63, 3.8) is 0 Å². The highest BCUT2D eigenvalue weighted by Crippen LogP contribution is 2.43. The second-order valence-electron chi connectivity index (χ2n) is 8.62. The minimum absolute atomic E-state index is 0.323. The van der Waals surface area contributed by atoms with Gasteiger partial charge in [0.15, 0.2) is 28.8 Å². The van der Waals surface area contributed by atoms with Crippen LogP contribution in [0.5, 0.6) is 23.0 Å². The first-order valence-electron chi connectivity index (χ1n) is 12.1. The summed E-state index contributed by atoms with van der Waals surface area (Å²) in [7, 11) is 6.27. The Morgan fingerprint density at radius 2 is 1.74 bits per heavy atom. The predicted molar refractivity (Wildman–Crippen MR) is 145 cm³/mol. The summed E-state index contributed by atoms with van der Waals surface area (Å²) in [6.07, 6.45) is 3.23. The molecule has 2 aromatic heterocycles. The predicted octanol–water partition coefficient (Wildman–Crippen LogP) is 4.30. The average Bonchev–Trinajstić information content (AvgIpc) is 3.39. The van der Waals surface area contributed by atoms with E-state index in [9.17, 15) is 4.79 Å². The average molecular weight is 529 g/mol. The summed E-state index contributed by atoms with van der Waals surface area (Å²) in [5.74, 6) is 2.73. The van der Waals surface area contributed by atoms with Gasteiger partial charge in [-0.3, -0.25) is 9.78 Å². The van der Waals surface area contributed by atoms with Crippen molar-refractivity contribution in [1.29, 1.82) is 0 Å². The van der Waals surface area contributed by atoms with Gasteiger partial charge in [-0.2, -0.15) is 4.98 Å². The SMILES string of the molecule is COc1ccc(-c2nc3n(n2)C(c2cccc(OC)c2OC)C(C(=O)Nc2cccnc2)=C(C)N3)cc1OC. The Morgan fingerprint density at radius 1 is 0.949 bits per heavy atom. The van der Waals surface area contributed by atoms with E-state index >= 15 is 0 Å². The van der Waals surface area contributed by atoms with Crippen LogP contribution in [-0.2, 0) is 4.79 Å². The van der Waals surface area contributed by atoms with E-state index < -0.39 is 6.04 Å². The minimum Gasteiger partial charge on any atom is -0.493 e. The Hall–Kier alpha value is -5.06. The van der Waals surface area contributed by atoms with Crippen LogP contribution in [0.4, 0.5) is 11.6 Å². The number of pyridine rings is 1. The van der Waals surface area contributed by atoms with E-state index in [1.807, 2.05) is 25.1 Å². The smallest absolute Gasteiger partial charge is 0.255 e. The number of carbonyl (C=O) groups excluding carboxylic acids is 1. The van der Waals surface area contributed by atoms with E-state index in [-0.39, 0.29) is 5.91 Å². The number of nitrogens with one attached hydrogen (secondary N) is 2. The Bertz CT molecular complexity index is 1550. The molecule has 39 heavy (non-hydrogen) atoms. The molecule has 3 heterocycles. The standard InChI is InChI=1S/C28H28N6O5/c1-16-23(27(35)31-18-8-7-13-29-15-18)24(19-9-6-10-21(37-3)25(19)39-5)34-28(30-16)32-26(33-34)17-11-12-20(36-2)22(14-17)38-4/h6-15,24H,1-5H3,(H,31,35)(H,30,32,33). The molecule has 1 atom stereocenters. The number of rotatable bonds is 8. The van der Waals surface area contributed by atoms with Crippen molar-refractivity contribution in [2.45, 2.75) is 13.0 Å². The number of ether oxygens (including phenoxy) is 4. The van der Waals surface area contributed by atoms with Gasteiger partial charge in [0.25, 0.3) is 5.91 Å². The molecule has 0 radical (unpaired) electrons. The fourth-order valence-electron chi connectivity index (χ4n) is 4.59. The van der Waals surface area contributed by atoms with Gasteiger partial charge in [0.05, 0.1) is 45.9 Å². The normalized spacial score (nSPS) is 14.2. The highest BCUT2D eigenvalue weighted by molar-refractivity contribution is 6.06. The lowest BCUT2D eigenvalue weighted by Crippen LogP contribution is -2.31. The van der Waals surface area contributed by atoms with Crippen LogP contribution < -0.4 is 29.6 Å². The van der Waals surface area contributed by atoms with Crippen molar-refractivity contribution in [2.24, 2.45) is 0 Å². The maximum absolute atomic E-state index is 13.8. The lowest BCUT2D eigenvalue weighted by molar-refractivity contribution is -0.113. The molecule has 200 valence electrons. The number of benzene rings is 2. The van der Waals surface area contributed by atoms with Gasteiger partial charge in [-0.1, -0.05) is 12.1 Å². The topological polar surface area (TPSA) is 122 Å². The Morgan fingerprint density at radius 3 is 2.44 bits per heavy atom. The zero-order valence-electron chi connectivity index (χ0n) is 22.2. The van der Waals surface area contributed by atoms with Crippen LogP contribution in [0.2, 0.25) is 0 Å². The maximum Gasteiger partial charge on any atom is 0.255 e. The third-order valence-corrected chi connectivity index (χ3v) is 6.39. The summed E-state index contributed by atoms with van der Waals surface area (Å²) in [4.78, 5) is 22.6. The van der Waals surface area contributed by atoms with Gasteiger partial charge in [-0.15, -0.1) is 5.10 Å². The number of aromatic nitrogens is 4. The van der Waals surface area contributed by atoms with Crippen molar-refractivity contribution in [1.82, 2.24) is 19.7 Å². The number of fused-ring (bicyclic) bond motifs is 1. The highest BCUT2D eigenvalue weighted by Gasteiger charge is 2.37. The molecule has 11 nitrogen and oxygen atoms in total. The molecule has 4 aromatic rings. The largest absolute Gasteiger partial charge is 0.493 e. The molecule has 1 unspecified atom stereocenters. The molecule has 1 aliphatic heterocycles. The Labute approximate surface area is 225 Å². The van der Waals surface area contributed by atoms with Crippen molar-refractivity contribution >= 4 is 17.5 Å². The summed E-state index contributed by atoms with van der Waals surface area (Å²) < 4.78 is 23.8. The molecule has 0 bridgehead atoms. The van der Waals surface area contributed by atoms with Crippen LogP contribution in [0.15, 0.2) is 72.2 Å². The zero-order chi connectivity index (χ0) is 27.5. The van der Waals surface area contributed by atoms with E-state index in [1.54, 1.807) is 75.8 Å². The van der Waals surface area contributed by atoms with Crippen molar-refractivity contribution in [3.8, 4) is 34.4 Å². The third kappa shape index (κ3) is 4.70. The van der Waals surface area contributed by atoms with Crippen molar-refractivity contribution < 1.29 is 23.7 Å². The van der Waals surface area contributed by atoms with Crippen LogP contribution in [0.25, 0.3) is 11.4 Å². The molecule has 2 aromatic carbocycles. The summed E-state index contributed by atoms with van der Waals surface area (Å²) >= 11 is 0. The van der Waals surface area contributed by atoms with Gasteiger partial charge in [0.2, 0.25) is 5.95 Å². The van der Waals surface area contributed by atoms with Gasteiger partial charge in [-0.05, 0) is 43.3 Å². The van der Waals surface area contributed by atoms with E-state index in [1.165, 1.54) is 0 Å². The molecular formula is C28H28N6O5. The highest BCUT2D eigenvalue weighted by atomic mass is 16.5. The van der Waals surface area contributed by atoms with Gasteiger partial charge in [-0.25, -0.2) is 4.68 Å². The van der Waals surface area contributed by atoms with Gasteiger partial charge in [0, 0.05) is 23.0 Å². The van der Waals surface area contributed by atoms with E-state index in [2.05, 4.69) is 15.6 Å². The monoisotopic (exact) mass is 528 g/mol. The molecule has 0 saturated heterocycles. The first-order chi connectivity index (χ1) is 19.0. The lowest BCUT2D eigenvalue weighted by Gasteiger charge is -2.29. The number of methoxy groups -OCH3 is 4. The fourth-order valence-corrected chi connectivity index (χ4v) is 4.59. The molecular weight excluding hydrogens is 500 g/mol. The second kappa shape index (κ2) is 10.7. The Kier molecular flexibility index (Phi) is 7.04. The molecule has 0 fully saturated rings. The fraction of sp³-hybridized carbons (Fsp3) is 0.214. The number of nitrogens with zero attached hydrogens (tertiary/aromatic N) is 4. The number of amides is 1. The minimum atomic E-state index is -0.690. The first kappa shape index (κ1) is 25.6. The molecule has 0 spiro atoms. The molecule has 5 rings (SSSR count). The van der Waals surface area contributed by atoms with Crippen molar-refractivity contribution in [3.05, 3.63) is 77.8 Å². The second-order valence-corrected chi connectivity index (χ2v) is 8.62. The lowest BCUT2D eigenvalue weighted by atomic mass is 9.94. The van der Waals surface area contributed by atoms with Crippen LogP contribution in [0, 0.1) is 0 Å². The van der Waals surface area contributed by atoms with Gasteiger partial charge >= 0.3 is 0 Å². The van der Waals surface area contributed by atoms with E-state index in [4.69, 9.17) is 29.0 Å². The number of carbonyl (C=O) groups is 1. The molecule has 2 N–H and O–H groups in total. The molecule has 0 aliphatic carbocycles. The first-order valence-corrected chi connectivity index (χ1v) is 12.1. The van der Waals surface area contributed by atoms with E-state index in [0.29, 0.717) is 62.9 Å². The number of allylic oxidation sites excluding steroid dienone is 1. The quantitative estimate of drug-likeness (QED) is 0.345. The zero-order valence-corrected chi connectivity index (χ0v) is 22.2. The van der Waals surface area contributed by atoms with Crippen molar-refractivity contribution in [2.75, 3.05) is 39.1 Å². The number of hydrogen-bond donors (Lipinski definition) is 2. The third-order valence-electron chi connectivity index (χ3n) is 6.39. The molecule has 11 heteroatoms. The number of para-hydroxylation sites is 1. The van der Waals surface area contributed by atoms with Crippen LogP contribution in [0.1, 0.15) is 18.5 Å². The number of anilines is 2. The summed E-state index contributed by atoms with van der Waals surface area (Å²) in [5.41, 5.74) is 3.01. The van der Waals surface area contributed by atoms with E-state index in [0.717, 1.165) is 0 Å². The molecule has 1 aliphatic rings. The van der Waals surface area contributed by atoms with Crippen LogP contribution in [-0.4, -0.2) is 54.1 Å². The summed E-state index contributed by atoms with van der Waals surface area (Å²) in [6, 6.07) is 13.8.